The monoisotopic (exact) mass is 1400 g/mol. The first-order chi connectivity index (χ1) is 52.1. The summed E-state index contributed by atoms with van der Waals surface area (Å²) in [5.41, 5.74) is 7.15. The van der Waals surface area contributed by atoms with Crippen molar-refractivity contribution >= 4 is 23.6 Å². The Hall–Kier alpha value is -13.1. The lowest BCUT2D eigenvalue weighted by atomic mass is 9.97. The lowest BCUT2D eigenvalue weighted by Crippen LogP contribution is -2.38. The van der Waals surface area contributed by atoms with E-state index in [2.05, 4.69) is 10.6 Å². The first-order valence-corrected chi connectivity index (χ1v) is 35.8. The maximum Gasteiger partial charge on any atom is 0.305 e. The van der Waals surface area contributed by atoms with Crippen LogP contribution in [0.2, 0.25) is 0 Å². The summed E-state index contributed by atoms with van der Waals surface area (Å²) in [5, 5.41) is 6.24. The van der Waals surface area contributed by atoms with Gasteiger partial charge in [0.15, 0.2) is 46.0 Å². The SMILES string of the molecule is O=C(NCCCN(CCCCN(CCCNC(=O)c1cccc2c1OC(c1ccccc1)(c1ccccc1)O2)C(=O)c1cccc2c1OC(c1ccccc1)(c1ccccc1)O2)C(=O)c1cccc2c1OC(c1ccccc1)(c1ccccc1)O2)c1cccc2c1OC(c1ccccc1)(c1ccccc1)O2. The minimum atomic E-state index is -1.41. The number of amides is 4. The van der Waals surface area contributed by atoms with Gasteiger partial charge in [0.1, 0.15) is 0 Å². The summed E-state index contributed by atoms with van der Waals surface area (Å²) >= 11 is 0. The fourth-order valence-electron chi connectivity index (χ4n) is 14.4. The van der Waals surface area contributed by atoms with Gasteiger partial charge >= 0.3 is 23.1 Å². The lowest BCUT2D eigenvalue weighted by Gasteiger charge is -2.29. The van der Waals surface area contributed by atoms with Crippen molar-refractivity contribution in [3.8, 4) is 46.0 Å². The van der Waals surface area contributed by atoms with Gasteiger partial charge in [-0.3, -0.25) is 19.2 Å². The molecule has 0 radical (unpaired) electrons. The van der Waals surface area contributed by atoms with Crippen molar-refractivity contribution in [3.05, 3.63) is 382 Å². The molecule has 4 amide bonds. The second-order valence-corrected chi connectivity index (χ2v) is 26.3. The number of nitrogens with zero attached hydrogens (tertiary/aromatic N) is 2. The third kappa shape index (κ3) is 12.8. The number of ether oxygens (including phenoxy) is 8. The Morgan fingerprint density at radius 2 is 0.443 bits per heavy atom. The second-order valence-electron chi connectivity index (χ2n) is 26.3. The van der Waals surface area contributed by atoms with Crippen LogP contribution in [0.25, 0.3) is 0 Å². The van der Waals surface area contributed by atoms with Crippen LogP contribution in [0.4, 0.5) is 0 Å². The zero-order valence-electron chi connectivity index (χ0n) is 57.9. The van der Waals surface area contributed by atoms with Gasteiger partial charge in [0.05, 0.1) is 22.3 Å². The molecule has 106 heavy (non-hydrogen) atoms. The number of para-hydroxylation sites is 4. The van der Waals surface area contributed by atoms with Gasteiger partial charge in [-0.25, -0.2) is 0 Å². The summed E-state index contributed by atoms with van der Waals surface area (Å²) in [6, 6.07) is 98.4. The molecule has 2 N–H and O–H groups in total. The Morgan fingerprint density at radius 1 is 0.236 bits per heavy atom. The lowest BCUT2D eigenvalue weighted by molar-refractivity contribution is -0.0465. The van der Waals surface area contributed by atoms with Crippen molar-refractivity contribution in [2.45, 2.75) is 48.8 Å². The average Bonchev–Trinajstić information content (AvgIpc) is 1.62. The Balaban J connectivity index is 0.663. The molecule has 12 aromatic rings. The molecule has 4 heterocycles. The van der Waals surface area contributed by atoms with Crippen LogP contribution in [0.3, 0.4) is 0 Å². The van der Waals surface area contributed by atoms with Crippen molar-refractivity contribution in [1.82, 2.24) is 20.4 Å². The second kappa shape index (κ2) is 29.3. The van der Waals surface area contributed by atoms with Crippen LogP contribution in [-0.4, -0.2) is 72.7 Å². The fraction of sp³-hybridized carbons (Fsp3) is 0.156. The predicted octanol–water partition coefficient (Wildman–Crippen LogP) is 16.4. The maximum absolute atomic E-state index is 15.6. The van der Waals surface area contributed by atoms with Crippen molar-refractivity contribution in [2.24, 2.45) is 0 Å². The molecule has 4 aliphatic rings. The van der Waals surface area contributed by atoms with Gasteiger partial charge in [-0.05, 0) is 74.2 Å². The van der Waals surface area contributed by atoms with Crippen LogP contribution in [0.5, 0.6) is 46.0 Å². The third-order valence-electron chi connectivity index (χ3n) is 19.6. The number of hydrogen-bond donors (Lipinski definition) is 2. The van der Waals surface area contributed by atoms with E-state index in [9.17, 15) is 9.59 Å². The fourth-order valence-corrected chi connectivity index (χ4v) is 14.4. The molecule has 0 saturated carbocycles. The molecule has 12 aromatic carbocycles. The number of carbonyl (C=O) groups is 4. The first-order valence-electron chi connectivity index (χ1n) is 35.8. The van der Waals surface area contributed by atoms with E-state index < -0.39 is 23.1 Å². The normalized spacial score (nSPS) is 14.5. The van der Waals surface area contributed by atoms with E-state index in [0.717, 1.165) is 44.5 Å². The van der Waals surface area contributed by atoms with Gasteiger partial charge in [0, 0.05) is 83.8 Å². The number of nitrogens with one attached hydrogen (secondary N) is 2. The van der Waals surface area contributed by atoms with Gasteiger partial charge in [-0.1, -0.05) is 267 Å². The van der Waals surface area contributed by atoms with Crippen LogP contribution in [0.15, 0.2) is 315 Å². The van der Waals surface area contributed by atoms with Gasteiger partial charge in [0.25, 0.3) is 23.6 Å². The van der Waals surface area contributed by atoms with Gasteiger partial charge in [0.2, 0.25) is 0 Å². The van der Waals surface area contributed by atoms with E-state index in [0.29, 0.717) is 93.9 Å². The highest BCUT2D eigenvalue weighted by molar-refractivity contribution is 6.00. The quantitative estimate of drug-likeness (QED) is 0.0520. The first kappa shape index (κ1) is 67.4. The van der Waals surface area contributed by atoms with Crippen molar-refractivity contribution in [1.29, 1.82) is 0 Å². The Morgan fingerprint density at radius 3 is 0.679 bits per heavy atom. The van der Waals surface area contributed by atoms with Crippen LogP contribution in [-0.2, 0) is 23.1 Å². The maximum atomic E-state index is 15.6. The number of unbranched alkanes of at least 4 members (excludes halogenated alkanes) is 1. The van der Waals surface area contributed by atoms with E-state index in [4.69, 9.17) is 37.9 Å². The number of carbonyl (C=O) groups excluding carboxylic acids is 4. The minimum Gasteiger partial charge on any atom is -0.440 e. The molecule has 0 unspecified atom stereocenters. The number of rotatable bonds is 25. The van der Waals surface area contributed by atoms with Crippen molar-refractivity contribution < 1.29 is 57.1 Å². The minimum absolute atomic E-state index is 0.185. The molecule has 0 bridgehead atoms. The van der Waals surface area contributed by atoms with Gasteiger partial charge in [-0.2, -0.15) is 0 Å². The summed E-state index contributed by atoms with van der Waals surface area (Å²) in [6.45, 7) is 1.29. The molecule has 16 nitrogen and oxygen atoms in total. The molecule has 0 spiro atoms. The highest BCUT2D eigenvalue weighted by Gasteiger charge is 2.51. The molecule has 526 valence electrons. The summed E-state index contributed by atoms with van der Waals surface area (Å²) in [4.78, 5) is 63.8. The van der Waals surface area contributed by atoms with Crippen molar-refractivity contribution in [2.75, 3.05) is 39.3 Å². The molecular formula is C90H74N4O12. The molecule has 0 aromatic heterocycles. The van der Waals surface area contributed by atoms with Crippen LogP contribution in [0.1, 0.15) is 112 Å². The topological polar surface area (TPSA) is 173 Å². The molecule has 4 aliphatic heterocycles. The highest BCUT2D eigenvalue weighted by atomic mass is 16.8. The molecule has 16 heteroatoms. The zero-order valence-corrected chi connectivity index (χ0v) is 57.9. The number of fused-ring (bicyclic) bond motifs is 4. The summed E-state index contributed by atoms with van der Waals surface area (Å²) in [6.07, 6.45) is 1.58. The Labute approximate surface area is 614 Å². The number of hydrogen-bond acceptors (Lipinski definition) is 12. The van der Waals surface area contributed by atoms with E-state index in [1.54, 1.807) is 82.6 Å². The van der Waals surface area contributed by atoms with Crippen LogP contribution >= 0.6 is 0 Å². The summed E-state index contributed by atoms with van der Waals surface area (Å²) in [7, 11) is 0. The van der Waals surface area contributed by atoms with E-state index >= 15 is 9.59 Å². The smallest absolute Gasteiger partial charge is 0.305 e. The zero-order chi connectivity index (χ0) is 71.9. The van der Waals surface area contributed by atoms with Gasteiger partial charge in [-0.15, -0.1) is 0 Å². The molecule has 0 aliphatic carbocycles. The number of benzene rings is 12. The van der Waals surface area contributed by atoms with E-state index in [1.165, 1.54) is 0 Å². The predicted molar refractivity (Wildman–Crippen MR) is 400 cm³/mol. The molecule has 0 fully saturated rings. The third-order valence-corrected chi connectivity index (χ3v) is 19.6. The van der Waals surface area contributed by atoms with Crippen LogP contribution < -0.4 is 48.5 Å². The summed E-state index contributed by atoms with van der Waals surface area (Å²) in [5.74, 6) is -4.07. The standard InChI is InChI=1S/C90H74N4O12/c95-83(71-49-27-53-75-79(71)103-87(99-75,63-33-9-1-10-34-63)64-35-11-2-12-36-64)91-57-31-61-93(85(97)73-51-29-55-77-81(73)105-89(101-77,67-41-17-5-18-42-67)68-43-19-6-20-44-68)59-25-26-60-94(86(98)74-52-30-56-78-82(74)106-90(102-78,69-45-21-7-22-46-69)70-47-23-8-24-48-70)62-32-58-92-84(96)72-50-28-54-76-80(72)104-88(100-76,65-37-13-3-14-38-65)66-39-15-4-16-40-66/h1-24,27-30,33-56H,25-26,31-32,57-62H2,(H,91,95)(H,92,96). The molecule has 0 saturated heterocycles. The van der Waals surface area contributed by atoms with E-state index in [-0.39, 0.29) is 62.9 Å². The Kier molecular flexibility index (Phi) is 18.7. The summed E-state index contributed by atoms with van der Waals surface area (Å²) < 4.78 is 54.7. The van der Waals surface area contributed by atoms with E-state index in [1.807, 2.05) is 243 Å². The largest absolute Gasteiger partial charge is 0.440 e. The molecule has 16 rings (SSSR count). The average molecular weight is 1400 g/mol. The highest BCUT2D eigenvalue weighted by Crippen LogP contribution is 2.54. The van der Waals surface area contributed by atoms with Crippen molar-refractivity contribution in [3.63, 3.8) is 0 Å². The van der Waals surface area contributed by atoms with Gasteiger partial charge < -0.3 is 58.3 Å². The Bertz CT molecular complexity index is 4660. The molecular weight excluding hydrogens is 1330 g/mol. The molecule has 0 atom stereocenters. The van der Waals surface area contributed by atoms with Crippen LogP contribution in [0, 0.1) is 0 Å².